The summed E-state index contributed by atoms with van der Waals surface area (Å²) in [6.45, 7) is 7.78. The quantitative estimate of drug-likeness (QED) is 0.263. The average molecular weight is 433 g/mol. The number of aliphatic hydroxyl groups is 2. The first-order valence-corrected chi connectivity index (χ1v) is 11.4. The van der Waals surface area contributed by atoms with Gasteiger partial charge in [0.05, 0.1) is 6.61 Å². The molecule has 1 heterocycles. The van der Waals surface area contributed by atoms with Gasteiger partial charge in [-0.15, -0.1) is 0 Å². The van der Waals surface area contributed by atoms with Crippen molar-refractivity contribution >= 4 is 6.16 Å². The summed E-state index contributed by atoms with van der Waals surface area (Å²) < 4.78 is 17.1. The Morgan fingerprint density at radius 3 is 2.81 bits per heavy atom. The molecule has 1 aliphatic heterocycles. The lowest BCUT2D eigenvalue weighted by Crippen LogP contribution is -2.45. The lowest BCUT2D eigenvalue weighted by molar-refractivity contribution is 0.00812. The van der Waals surface area contributed by atoms with Gasteiger partial charge in [0, 0.05) is 17.4 Å². The first-order chi connectivity index (χ1) is 14.7. The van der Waals surface area contributed by atoms with Gasteiger partial charge in [-0.05, 0) is 64.2 Å². The molecule has 0 amide bonds. The maximum Gasteiger partial charge on any atom is 0.513 e. The van der Waals surface area contributed by atoms with Gasteiger partial charge in [-0.25, -0.2) is 4.79 Å². The second-order valence-corrected chi connectivity index (χ2v) is 9.35. The number of carbonyl (C=O) groups is 1. The highest BCUT2D eigenvalue weighted by Crippen LogP contribution is 2.53. The van der Waals surface area contributed by atoms with Crippen molar-refractivity contribution in [2.24, 2.45) is 5.92 Å². The minimum Gasteiger partial charge on any atom is -0.487 e. The second kappa shape index (κ2) is 10.0. The highest BCUT2D eigenvalue weighted by Gasteiger charge is 2.45. The lowest BCUT2D eigenvalue weighted by atomic mass is 9.68. The van der Waals surface area contributed by atoms with E-state index in [1.165, 1.54) is 5.57 Å². The summed E-state index contributed by atoms with van der Waals surface area (Å²) in [4.78, 5) is 12.3. The van der Waals surface area contributed by atoms with Crippen LogP contribution in [0, 0.1) is 5.92 Å². The van der Waals surface area contributed by atoms with Crippen LogP contribution in [0.1, 0.15) is 76.8 Å². The van der Waals surface area contributed by atoms with Crippen molar-refractivity contribution in [3.05, 3.63) is 34.9 Å². The first-order valence-electron chi connectivity index (χ1n) is 11.4. The third kappa shape index (κ3) is 5.60. The molecule has 0 aromatic heterocycles. The number of rotatable bonds is 8. The van der Waals surface area contributed by atoms with E-state index < -0.39 is 18.9 Å². The van der Waals surface area contributed by atoms with E-state index in [4.69, 9.17) is 19.3 Å². The van der Waals surface area contributed by atoms with Gasteiger partial charge in [0.2, 0.25) is 0 Å². The Morgan fingerprint density at radius 1 is 1.32 bits per heavy atom. The van der Waals surface area contributed by atoms with Crippen LogP contribution in [0.4, 0.5) is 4.79 Å². The van der Waals surface area contributed by atoms with Crippen LogP contribution in [-0.4, -0.2) is 41.3 Å². The lowest BCUT2D eigenvalue weighted by Gasteiger charge is -2.46. The first kappa shape index (κ1) is 23.6. The molecule has 1 aromatic carbocycles. The largest absolute Gasteiger partial charge is 0.513 e. The monoisotopic (exact) mass is 432 g/mol. The molecular weight excluding hydrogens is 396 g/mol. The van der Waals surface area contributed by atoms with Crippen molar-refractivity contribution in [2.75, 3.05) is 13.2 Å². The average Bonchev–Trinajstić information content (AvgIpc) is 2.71. The van der Waals surface area contributed by atoms with E-state index in [1.54, 1.807) is 0 Å². The van der Waals surface area contributed by atoms with Crippen molar-refractivity contribution in [1.29, 1.82) is 0 Å². The third-order valence-corrected chi connectivity index (χ3v) is 6.38. The van der Waals surface area contributed by atoms with Crippen molar-refractivity contribution < 1.29 is 29.2 Å². The Morgan fingerprint density at radius 2 is 2.10 bits per heavy atom. The second-order valence-electron chi connectivity index (χ2n) is 9.35. The molecule has 1 aromatic rings. The minimum atomic E-state index is -1.13. The molecule has 0 bridgehead atoms. The molecule has 0 saturated carbocycles. The zero-order valence-electron chi connectivity index (χ0n) is 19.1. The van der Waals surface area contributed by atoms with E-state index in [-0.39, 0.29) is 24.0 Å². The Balaban J connectivity index is 1.96. The van der Waals surface area contributed by atoms with Crippen molar-refractivity contribution in [3.63, 3.8) is 0 Å². The van der Waals surface area contributed by atoms with Crippen molar-refractivity contribution in [3.8, 4) is 11.5 Å². The molecule has 6 nitrogen and oxygen atoms in total. The molecule has 172 valence electrons. The predicted molar refractivity (Wildman–Crippen MR) is 119 cm³/mol. The van der Waals surface area contributed by atoms with E-state index >= 15 is 0 Å². The minimum absolute atomic E-state index is 0.100. The number of aliphatic hydroxyl groups excluding tert-OH is 2. The Kier molecular flexibility index (Phi) is 7.65. The van der Waals surface area contributed by atoms with Gasteiger partial charge in [-0.3, -0.25) is 0 Å². The van der Waals surface area contributed by atoms with Crippen LogP contribution in [0.5, 0.6) is 11.5 Å². The summed E-state index contributed by atoms with van der Waals surface area (Å²) >= 11 is 0. The standard InChI is InChI=1S/C25H36O6/c1-5-6-7-8-17-12-21(30-24(28)29-15-18(27)14-26)23-19-11-16(2)9-10-20(19)25(3,4)31-22(23)13-17/h11-13,18-20,26-27H,5-10,14-15H2,1-4H3/t18-,19?,20-/m1/s1. The number of allylic oxidation sites excluding steroid dienone is 2. The number of aryl methyl sites for hydroxylation is 1. The summed E-state index contributed by atoms with van der Waals surface area (Å²) in [5.41, 5.74) is 2.97. The van der Waals surface area contributed by atoms with Crippen molar-refractivity contribution in [1.82, 2.24) is 0 Å². The molecule has 0 spiro atoms. The van der Waals surface area contributed by atoms with Gasteiger partial charge >= 0.3 is 6.16 Å². The number of hydrogen-bond donors (Lipinski definition) is 2. The summed E-state index contributed by atoms with van der Waals surface area (Å²) in [6.07, 6.45) is 6.51. The topological polar surface area (TPSA) is 85.2 Å². The summed E-state index contributed by atoms with van der Waals surface area (Å²) in [7, 11) is 0. The highest BCUT2D eigenvalue weighted by atomic mass is 16.7. The third-order valence-electron chi connectivity index (χ3n) is 6.38. The van der Waals surface area contributed by atoms with E-state index in [0.717, 1.165) is 55.4 Å². The Labute approximate surface area is 185 Å². The fourth-order valence-corrected chi connectivity index (χ4v) is 4.70. The molecule has 0 fully saturated rings. The molecule has 3 atom stereocenters. The van der Waals surface area contributed by atoms with E-state index in [9.17, 15) is 9.90 Å². The van der Waals surface area contributed by atoms with E-state index in [2.05, 4.69) is 39.8 Å². The van der Waals surface area contributed by atoms with Crippen LogP contribution in [-0.2, 0) is 11.2 Å². The maximum atomic E-state index is 12.3. The molecule has 2 N–H and O–H groups in total. The zero-order valence-corrected chi connectivity index (χ0v) is 19.1. The van der Waals surface area contributed by atoms with Gasteiger partial charge in [-0.2, -0.15) is 0 Å². The normalized spacial score (nSPS) is 22.5. The van der Waals surface area contributed by atoms with Gasteiger partial charge in [-0.1, -0.05) is 31.4 Å². The van der Waals surface area contributed by atoms with Crippen LogP contribution < -0.4 is 9.47 Å². The molecule has 1 unspecified atom stereocenters. The number of carbonyl (C=O) groups excluding carboxylic acids is 1. The van der Waals surface area contributed by atoms with Gasteiger partial charge < -0.3 is 24.4 Å². The fraction of sp³-hybridized carbons (Fsp3) is 0.640. The molecular formula is C25H36O6. The van der Waals surface area contributed by atoms with Crippen LogP contribution in [0.15, 0.2) is 23.8 Å². The van der Waals surface area contributed by atoms with Crippen molar-refractivity contribution in [2.45, 2.75) is 83.8 Å². The summed E-state index contributed by atoms with van der Waals surface area (Å²) in [5.74, 6) is 1.61. The summed E-state index contributed by atoms with van der Waals surface area (Å²) in [5, 5.41) is 18.4. The Bertz CT molecular complexity index is 812. The van der Waals surface area contributed by atoms with Crippen LogP contribution in [0.25, 0.3) is 0 Å². The van der Waals surface area contributed by atoms with Gasteiger partial charge in [0.25, 0.3) is 0 Å². The fourth-order valence-electron chi connectivity index (χ4n) is 4.70. The SMILES string of the molecule is CCCCCc1cc(OC(=O)OC[C@H](O)CO)c2c(c1)OC(C)(C)[C@@H]1CCC(C)=CC21. The molecule has 31 heavy (non-hydrogen) atoms. The van der Waals surface area contributed by atoms with Crippen LogP contribution in [0.2, 0.25) is 0 Å². The number of fused-ring (bicyclic) bond motifs is 3. The zero-order chi connectivity index (χ0) is 22.6. The molecule has 6 heteroatoms. The highest BCUT2D eigenvalue weighted by molar-refractivity contribution is 5.67. The number of benzene rings is 1. The van der Waals surface area contributed by atoms with E-state index in [0.29, 0.717) is 5.75 Å². The number of unbranched alkanes of at least 4 members (excludes halogenated alkanes) is 2. The number of ether oxygens (including phenoxy) is 3. The molecule has 1 aliphatic carbocycles. The summed E-state index contributed by atoms with van der Waals surface area (Å²) in [6, 6.07) is 4.02. The molecule has 0 radical (unpaired) electrons. The van der Waals surface area contributed by atoms with Gasteiger partial charge in [0.1, 0.15) is 29.8 Å². The Hall–Kier alpha value is -2.05. The molecule has 0 saturated heterocycles. The maximum absolute atomic E-state index is 12.3. The number of hydrogen-bond acceptors (Lipinski definition) is 6. The van der Waals surface area contributed by atoms with Crippen LogP contribution in [0.3, 0.4) is 0 Å². The predicted octanol–water partition coefficient (Wildman–Crippen LogP) is 4.90. The van der Waals surface area contributed by atoms with Gasteiger partial charge in [0.15, 0.2) is 0 Å². The molecule has 2 aliphatic rings. The smallest absolute Gasteiger partial charge is 0.487 e. The van der Waals surface area contributed by atoms with Crippen LogP contribution >= 0.6 is 0 Å². The van der Waals surface area contributed by atoms with E-state index in [1.807, 2.05) is 6.07 Å². The molecule has 3 rings (SSSR count).